The van der Waals surface area contributed by atoms with Crippen molar-refractivity contribution >= 4 is 12.1 Å². The second-order valence-electron chi connectivity index (χ2n) is 6.37. The van der Waals surface area contributed by atoms with Crippen molar-refractivity contribution in [2.75, 3.05) is 6.54 Å². The lowest BCUT2D eigenvalue weighted by atomic mass is 10.0. The van der Waals surface area contributed by atoms with Gasteiger partial charge in [0.15, 0.2) is 0 Å². The fraction of sp³-hybridized carbons (Fsp3) is 0.333. The van der Waals surface area contributed by atoms with E-state index in [1.54, 1.807) is 26.0 Å². The second-order valence-corrected chi connectivity index (χ2v) is 6.37. The first-order valence-corrected chi connectivity index (χ1v) is 8.89. The highest BCUT2D eigenvalue weighted by Gasteiger charge is 2.33. The summed E-state index contributed by atoms with van der Waals surface area (Å²) >= 11 is 0. The summed E-state index contributed by atoms with van der Waals surface area (Å²) in [4.78, 5) is 23.0. The van der Waals surface area contributed by atoms with Gasteiger partial charge in [0.2, 0.25) is 5.60 Å². The van der Waals surface area contributed by atoms with Crippen LogP contribution in [0.25, 0.3) is 0 Å². The minimum absolute atomic E-state index is 0.235. The lowest BCUT2D eigenvalue weighted by Gasteiger charge is -2.24. The van der Waals surface area contributed by atoms with E-state index in [1.807, 2.05) is 42.5 Å². The number of carbonyl (C=O) groups is 2. The van der Waals surface area contributed by atoms with Crippen molar-refractivity contribution in [3.05, 3.63) is 65.7 Å². The van der Waals surface area contributed by atoms with E-state index in [0.717, 1.165) is 11.1 Å². The Labute approximate surface area is 159 Å². The number of alkyl carbamates (subject to hydrolysis) is 1. The number of carboxylic acids is 1. The first kappa shape index (κ1) is 20.3. The molecule has 27 heavy (non-hydrogen) atoms. The van der Waals surface area contributed by atoms with Crippen molar-refractivity contribution in [3.8, 4) is 5.75 Å². The molecule has 144 valence electrons. The summed E-state index contributed by atoms with van der Waals surface area (Å²) in [6.45, 7) is 3.99. The molecule has 6 nitrogen and oxygen atoms in total. The summed E-state index contributed by atoms with van der Waals surface area (Å²) in [5.74, 6) is -0.493. The molecular weight excluding hydrogens is 346 g/mol. The van der Waals surface area contributed by atoms with Crippen LogP contribution in [0, 0.1) is 0 Å². The van der Waals surface area contributed by atoms with Gasteiger partial charge >= 0.3 is 12.1 Å². The smallest absolute Gasteiger partial charge is 0.407 e. The monoisotopic (exact) mass is 371 g/mol. The topological polar surface area (TPSA) is 84.9 Å². The fourth-order valence-electron chi connectivity index (χ4n) is 2.33. The normalized spacial score (nSPS) is 12.7. The number of benzene rings is 2. The van der Waals surface area contributed by atoms with Crippen LogP contribution in [0.4, 0.5) is 4.79 Å². The molecule has 0 fully saturated rings. The fourth-order valence-corrected chi connectivity index (χ4v) is 2.33. The van der Waals surface area contributed by atoms with Crippen molar-refractivity contribution in [2.24, 2.45) is 0 Å². The predicted octanol–water partition coefficient (Wildman–Crippen LogP) is 3.79. The number of hydrogen-bond acceptors (Lipinski definition) is 4. The Morgan fingerprint density at radius 1 is 1.04 bits per heavy atom. The van der Waals surface area contributed by atoms with Gasteiger partial charge in [-0.25, -0.2) is 9.59 Å². The molecule has 0 bridgehead atoms. The number of nitrogens with one attached hydrogen (secondary N) is 1. The van der Waals surface area contributed by atoms with E-state index in [9.17, 15) is 14.7 Å². The zero-order valence-electron chi connectivity index (χ0n) is 15.6. The Bertz CT molecular complexity index is 745. The molecule has 2 N–H and O–H groups in total. The number of aliphatic carboxylic acids is 1. The largest absolute Gasteiger partial charge is 0.478 e. The van der Waals surface area contributed by atoms with E-state index >= 15 is 0 Å². The summed E-state index contributed by atoms with van der Waals surface area (Å²) in [6, 6.07) is 16.7. The third-order valence-electron chi connectivity index (χ3n) is 4.29. The number of hydrogen-bond donors (Lipinski definition) is 2. The van der Waals surface area contributed by atoms with Gasteiger partial charge in [-0.3, -0.25) is 0 Å². The van der Waals surface area contributed by atoms with Crippen molar-refractivity contribution in [3.63, 3.8) is 0 Å². The minimum atomic E-state index is -1.24. The number of carbonyl (C=O) groups excluding carboxylic acids is 1. The average Bonchev–Trinajstić information content (AvgIpc) is 2.68. The maximum Gasteiger partial charge on any atom is 0.407 e. The van der Waals surface area contributed by atoms with Crippen LogP contribution >= 0.6 is 0 Å². The van der Waals surface area contributed by atoms with Crippen LogP contribution in [0.2, 0.25) is 0 Å². The Morgan fingerprint density at radius 2 is 1.70 bits per heavy atom. The number of carboxylic acid groups (broad SMARTS) is 1. The van der Waals surface area contributed by atoms with Crippen LogP contribution in [-0.2, 0) is 22.6 Å². The molecule has 0 aliphatic carbocycles. The Balaban J connectivity index is 1.75. The molecule has 1 atom stereocenters. The van der Waals surface area contributed by atoms with Crippen LogP contribution in [0.1, 0.15) is 31.4 Å². The Morgan fingerprint density at radius 3 is 2.30 bits per heavy atom. The molecule has 0 aromatic heterocycles. The Hall–Kier alpha value is -3.02. The predicted molar refractivity (Wildman–Crippen MR) is 102 cm³/mol. The maximum absolute atomic E-state index is 11.7. The van der Waals surface area contributed by atoms with Crippen LogP contribution in [-0.4, -0.2) is 29.3 Å². The summed E-state index contributed by atoms with van der Waals surface area (Å²) in [7, 11) is 0. The first-order chi connectivity index (χ1) is 12.9. The number of amides is 1. The third-order valence-corrected chi connectivity index (χ3v) is 4.29. The highest BCUT2D eigenvalue weighted by Crippen LogP contribution is 2.22. The van der Waals surface area contributed by atoms with Crippen molar-refractivity contribution < 1.29 is 24.2 Å². The lowest BCUT2D eigenvalue weighted by Crippen LogP contribution is -2.40. The average molecular weight is 371 g/mol. The molecule has 0 aliphatic rings. The molecule has 0 saturated heterocycles. The molecule has 0 aliphatic heterocycles. The molecule has 0 radical (unpaired) electrons. The molecule has 0 saturated carbocycles. The van der Waals surface area contributed by atoms with Crippen LogP contribution in [0.3, 0.4) is 0 Å². The van der Waals surface area contributed by atoms with Gasteiger partial charge in [-0.15, -0.1) is 0 Å². The van der Waals surface area contributed by atoms with Gasteiger partial charge in [-0.1, -0.05) is 49.4 Å². The quantitative estimate of drug-likeness (QED) is 0.701. The van der Waals surface area contributed by atoms with Gasteiger partial charge in [0.1, 0.15) is 12.4 Å². The van der Waals surface area contributed by atoms with Gasteiger partial charge in [0, 0.05) is 6.54 Å². The van der Waals surface area contributed by atoms with E-state index < -0.39 is 17.7 Å². The van der Waals surface area contributed by atoms with E-state index in [1.165, 1.54) is 0 Å². The molecule has 1 amide bonds. The first-order valence-electron chi connectivity index (χ1n) is 8.89. The van der Waals surface area contributed by atoms with Gasteiger partial charge in [0.25, 0.3) is 0 Å². The third kappa shape index (κ3) is 6.33. The summed E-state index contributed by atoms with van der Waals surface area (Å²) in [5, 5.41) is 12.0. The van der Waals surface area contributed by atoms with Crippen LogP contribution < -0.4 is 10.1 Å². The van der Waals surface area contributed by atoms with E-state index in [4.69, 9.17) is 9.47 Å². The molecule has 0 heterocycles. The van der Waals surface area contributed by atoms with Crippen molar-refractivity contribution in [1.29, 1.82) is 0 Å². The summed E-state index contributed by atoms with van der Waals surface area (Å²) in [5.41, 5.74) is 0.689. The van der Waals surface area contributed by atoms with E-state index in [2.05, 4.69) is 5.32 Å². The van der Waals surface area contributed by atoms with Gasteiger partial charge < -0.3 is 19.9 Å². The number of rotatable bonds is 9. The van der Waals surface area contributed by atoms with Crippen LogP contribution in [0.5, 0.6) is 5.75 Å². The molecular formula is C21H25NO5. The standard InChI is InChI=1S/C21H25NO5/c1-3-21(2,19(23)24)27-18-11-9-16(10-12-18)13-14-22-20(25)26-15-17-7-5-4-6-8-17/h4-12H,3,13-15H2,1-2H3,(H,22,25)(H,23,24). The van der Waals surface area contributed by atoms with Crippen LogP contribution in [0.15, 0.2) is 54.6 Å². The molecule has 2 aromatic rings. The highest BCUT2D eigenvalue weighted by atomic mass is 16.5. The molecule has 0 spiro atoms. The van der Waals surface area contributed by atoms with Crippen molar-refractivity contribution in [1.82, 2.24) is 5.32 Å². The van der Waals surface area contributed by atoms with Gasteiger partial charge in [-0.05, 0) is 43.0 Å². The summed E-state index contributed by atoms with van der Waals surface area (Å²) < 4.78 is 10.7. The van der Waals surface area contributed by atoms with Crippen molar-refractivity contribution in [2.45, 2.75) is 38.9 Å². The van der Waals surface area contributed by atoms with E-state index in [0.29, 0.717) is 25.1 Å². The zero-order valence-corrected chi connectivity index (χ0v) is 15.6. The SMILES string of the molecule is CCC(C)(Oc1ccc(CCNC(=O)OCc2ccccc2)cc1)C(=O)O. The zero-order chi connectivity index (χ0) is 19.7. The highest BCUT2D eigenvalue weighted by molar-refractivity contribution is 5.77. The summed E-state index contributed by atoms with van der Waals surface area (Å²) in [6.07, 6.45) is 0.531. The lowest BCUT2D eigenvalue weighted by molar-refractivity contribution is -0.154. The van der Waals surface area contributed by atoms with Gasteiger partial charge in [-0.2, -0.15) is 0 Å². The second kappa shape index (κ2) is 9.62. The Kier molecular flexibility index (Phi) is 7.23. The maximum atomic E-state index is 11.7. The molecule has 1 unspecified atom stereocenters. The van der Waals surface area contributed by atoms with Gasteiger partial charge in [0.05, 0.1) is 0 Å². The molecule has 2 aromatic carbocycles. The molecule has 2 rings (SSSR count). The minimum Gasteiger partial charge on any atom is -0.478 e. The number of ether oxygens (including phenoxy) is 2. The van der Waals surface area contributed by atoms with E-state index in [-0.39, 0.29) is 6.61 Å². The molecule has 6 heteroatoms.